The summed E-state index contributed by atoms with van der Waals surface area (Å²) in [4.78, 5) is 24.1. The number of aromatic nitrogens is 1. The minimum atomic E-state index is -1.02. The zero-order valence-corrected chi connectivity index (χ0v) is 15.1. The highest BCUT2D eigenvalue weighted by molar-refractivity contribution is 5.84. The first-order valence-corrected chi connectivity index (χ1v) is 8.57. The van der Waals surface area contributed by atoms with Gasteiger partial charge in [0.15, 0.2) is 0 Å². The van der Waals surface area contributed by atoms with E-state index < -0.39 is 24.0 Å². The van der Waals surface area contributed by atoms with Crippen LogP contribution in [0, 0.1) is 0 Å². The number of aromatic amines is 1. The Hall–Kier alpha value is -3.36. The number of nitrogens with one attached hydrogen (secondary N) is 1. The lowest BCUT2D eigenvalue weighted by atomic mass is 10.1. The molecule has 0 radical (unpaired) electrons. The number of hydrogen-bond donors (Lipinski definition) is 6. The lowest BCUT2D eigenvalue weighted by molar-refractivity contribution is -0.139. The van der Waals surface area contributed by atoms with Gasteiger partial charge in [-0.1, -0.05) is 30.3 Å². The molecular formula is C20H23N3O5. The lowest BCUT2D eigenvalue weighted by Crippen LogP contribution is -2.32. The predicted molar refractivity (Wildman–Crippen MR) is 105 cm³/mol. The molecule has 1 heterocycles. The maximum atomic E-state index is 10.6. The molecule has 0 aliphatic heterocycles. The fraction of sp³-hybridized carbons (Fsp3) is 0.200. The number of aliphatic carboxylic acids is 2. The van der Waals surface area contributed by atoms with Crippen LogP contribution in [0.5, 0.6) is 5.75 Å². The zero-order valence-electron chi connectivity index (χ0n) is 15.1. The second-order valence-electron chi connectivity index (χ2n) is 6.32. The van der Waals surface area contributed by atoms with E-state index in [0.717, 1.165) is 22.0 Å². The number of nitrogens with two attached hydrogens (primary N) is 2. The quantitative estimate of drug-likeness (QED) is 0.374. The summed E-state index contributed by atoms with van der Waals surface area (Å²) in [7, 11) is 0. The number of para-hydroxylation sites is 1. The Morgan fingerprint density at radius 1 is 0.893 bits per heavy atom. The minimum absolute atomic E-state index is 0.160. The van der Waals surface area contributed by atoms with Gasteiger partial charge in [-0.25, -0.2) is 0 Å². The Balaban J connectivity index is 0.000000203. The summed E-state index contributed by atoms with van der Waals surface area (Å²) in [5.41, 5.74) is 13.6. The molecule has 8 heteroatoms. The molecule has 8 N–H and O–H groups in total. The number of rotatable bonds is 6. The molecule has 1 aromatic heterocycles. The van der Waals surface area contributed by atoms with Crippen molar-refractivity contribution in [3.63, 3.8) is 0 Å². The first-order valence-electron chi connectivity index (χ1n) is 8.57. The van der Waals surface area contributed by atoms with E-state index >= 15 is 0 Å². The van der Waals surface area contributed by atoms with Crippen LogP contribution in [-0.4, -0.2) is 44.3 Å². The number of H-pyrrole nitrogens is 1. The average Bonchev–Trinajstić information content (AvgIpc) is 3.07. The molecule has 0 amide bonds. The maximum absolute atomic E-state index is 10.6. The molecule has 8 nitrogen and oxygen atoms in total. The van der Waals surface area contributed by atoms with Gasteiger partial charge in [-0.2, -0.15) is 0 Å². The van der Waals surface area contributed by atoms with E-state index in [-0.39, 0.29) is 12.2 Å². The molecule has 28 heavy (non-hydrogen) atoms. The number of carboxylic acids is 2. The lowest BCUT2D eigenvalue weighted by Gasteiger charge is -2.05. The number of fused-ring (bicyclic) bond motifs is 1. The van der Waals surface area contributed by atoms with Crippen molar-refractivity contribution in [1.82, 2.24) is 4.98 Å². The van der Waals surface area contributed by atoms with Crippen molar-refractivity contribution in [3.8, 4) is 5.75 Å². The largest absolute Gasteiger partial charge is 0.508 e. The normalized spacial score (nSPS) is 12.6. The monoisotopic (exact) mass is 385 g/mol. The van der Waals surface area contributed by atoms with Crippen molar-refractivity contribution in [2.75, 3.05) is 0 Å². The summed E-state index contributed by atoms with van der Waals surface area (Å²) in [6.45, 7) is 0. The predicted octanol–water partition coefficient (Wildman–Crippen LogP) is 1.47. The summed E-state index contributed by atoms with van der Waals surface area (Å²) >= 11 is 0. The Bertz CT molecular complexity index is 936. The van der Waals surface area contributed by atoms with Gasteiger partial charge in [0.1, 0.15) is 17.8 Å². The van der Waals surface area contributed by atoms with Crippen LogP contribution in [0.25, 0.3) is 10.9 Å². The Kier molecular flexibility index (Phi) is 7.14. The van der Waals surface area contributed by atoms with E-state index in [1.807, 2.05) is 30.5 Å². The summed E-state index contributed by atoms with van der Waals surface area (Å²) in [6.07, 6.45) is 2.43. The highest BCUT2D eigenvalue weighted by Gasteiger charge is 2.14. The fourth-order valence-electron chi connectivity index (χ4n) is 2.60. The van der Waals surface area contributed by atoms with Gasteiger partial charge in [-0.3, -0.25) is 9.59 Å². The van der Waals surface area contributed by atoms with Gasteiger partial charge in [-0.05, 0) is 35.7 Å². The molecule has 0 saturated heterocycles. The van der Waals surface area contributed by atoms with E-state index in [9.17, 15) is 9.59 Å². The number of benzene rings is 2. The Labute approximate surface area is 161 Å². The molecule has 148 valence electrons. The molecule has 2 atom stereocenters. The van der Waals surface area contributed by atoms with E-state index in [1.54, 1.807) is 12.1 Å². The third-order valence-electron chi connectivity index (χ3n) is 4.14. The van der Waals surface area contributed by atoms with Gasteiger partial charge in [0.05, 0.1) is 0 Å². The first kappa shape index (κ1) is 20.9. The number of carboxylic acid groups (broad SMARTS) is 2. The van der Waals surface area contributed by atoms with Crippen LogP contribution in [0.4, 0.5) is 0 Å². The first-order chi connectivity index (χ1) is 13.3. The van der Waals surface area contributed by atoms with E-state index in [1.165, 1.54) is 12.1 Å². The van der Waals surface area contributed by atoms with Crippen molar-refractivity contribution in [3.05, 3.63) is 65.9 Å². The second kappa shape index (κ2) is 9.54. The van der Waals surface area contributed by atoms with E-state index in [4.69, 9.17) is 26.8 Å². The Morgan fingerprint density at radius 2 is 1.46 bits per heavy atom. The second-order valence-corrected chi connectivity index (χ2v) is 6.32. The number of aromatic hydroxyl groups is 1. The molecular weight excluding hydrogens is 362 g/mol. The molecule has 0 aliphatic rings. The molecule has 0 bridgehead atoms. The minimum Gasteiger partial charge on any atom is -0.508 e. The topological polar surface area (TPSA) is 163 Å². The van der Waals surface area contributed by atoms with Crippen LogP contribution >= 0.6 is 0 Å². The molecule has 0 fully saturated rings. The highest BCUT2D eigenvalue weighted by atomic mass is 16.4. The van der Waals surface area contributed by atoms with Gasteiger partial charge in [0.2, 0.25) is 0 Å². The van der Waals surface area contributed by atoms with Crippen molar-refractivity contribution in [2.45, 2.75) is 24.9 Å². The van der Waals surface area contributed by atoms with E-state index in [2.05, 4.69) is 4.98 Å². The van der Waals surface area contributed by atoms with Crippen LogP contribution in [0.3, 0.4) is 0 Å². The molecule has 0 spiro atoms. The SMILES string of the molecule is NC(Cc1ccc(O)cc1)C(=O)O.N[C@H](Cc1c[nH]c2ccccc12)C(=O)O. The summed E-state index contributed by atoms with van der Waals surface area (Å²) in [5.74, 6) is -1.83. The van der Waals surface area contributed by atoms with Crippen LogP contribution in [0.15, 0.2) is 54.7 Å². The molecule has 3 aromatic rings. The van der Waals surface area contributed by atoms with Gasteiger partial charge in [0.25, 0.3) is 0 Å². The van der Waals surface area contributed by atoms with Crippen LogP contribution < -0.4 is 11.5 Å². The van der Waals surface area contributed by atoms with Gasteiger partial charge in [-0.15, -0.1) is 0 Å². The van der Waals surface area contributed by atoms with Crippen LogP contribution in [0.2, 0.25) is 0 Å². The van der Waals surface area contributed by atoms with Gasteiger partial charge < -0.3 is 31.8 Å². The third-order valence-corrected chi connectivity index (χ3v) is 4.14. The number of hydrogen-bond acceptors (Lipinski definition) is 5. The van der Waals surface area contributed by atoms with Crippen LogP contribution in [0.1, 0.15) is 11.1 Å². The number of phenols is 1. The average molecular weight is 385 g/mol. The van der Waals surface area contributed by atoms with Gasteiger partial charge in [0, 0.05) is 23.5 Å². The number of phenolic OH excluding ortho intramolecular Hbond substituents is 1. The highest BCUT2D eigenvalue weighted by Crippen LogP contribution is 2.18. The van der Waals surface area contributed by atoms with Crippen molar-refractivity contribution >= 4 is 22.8 Å². The maximum Gasteiger partial charge on any atom is 0.320 e. The van der Waals surface area contributed by atoms with E-state index in [0.29, 0.717) is 6.42 Å². The molecule has 1 unspecified atom stereocenters. The summed E-state index contributed by atoms with van der Waals surface area (Å²) in [5, 5.41) is 27.2. The molecule has 0 saturated carbocycles. The molecule has 0 aliphatic carbocycles. The smallest absolute Gasteiger partial charge is 0.320 e. The van der Waals surface area contributed by atoms with Crippen LogP contribution in [-0.2, 0) is 22.4 Å². The fourth-order valence-corrected chi connectivity index (χ4v) is 2.60. The molecule has 3 rings (SSSR count). The number of carbonyl (C=O) groups is 2. The van der Waals surface area contributed by atoms with Crippen molar-refractivity contribution in [2.24, 2.45) is 11.5 Å². The standard InChI is InChI=1S/C11H12N2O2.C9H11NO3/c12-9(11(14)15)5-7-6-13-10-4-2-1-3-8(7)10;10-8(9(12)13)5-6-1-3-7(11)4-2-6/h1-4,6,9,13H,5,12H2,(H,14,15);1-4,8,11H,5,10H2,(H,12,13)/t9-;/m1./s1. The Morgan fingerprint density at radius 3 is 2.07 bits per heavy atom. The van der Waals surface area contributed by atoms with Crippen molar-refractivity contribution < 1.29 is 24.9 Å². The summed E-state index contributed by atoms with van der Waals surface area (Å²) in [6, 6.07) is 12.3. The van der Waals surface area contributed by atoms with Crippen molar-refractivity contribution in [1.29, 1.82) is 0 Å². The zero-order chi connectivity index (χ0) is 20.7. The summed E-state index contributed by atoms with van der Waals surface area (Å²) < 4.78 is 0. The molecule has 2 aromatic carbocycles. The third kappa shape index (κ3) is 5.83. The van der Waals surface area contributed by atoms with Gasteiger partial charge >= 0.3 is 11.9 Å².